The summed E-state index contributed by atoms with van der Waals surface area (Å²) in [5.41, 5.74) is 9.15. The van der Waals surface area contributed by atoms with Crippen molar-refractivity contribution >= 4 is 0 Å². The Morgan fingerprint density at radius 3 is 2.47 bits per heavy atom. The van der Waals surface area contributed by atoms with Crippen molar-refractivity contribution in [3.8, 4) is 5.69 Å². The van der Waals surface area contributed by atoms with Gasteiger partial charge in [-0.25, -0.2) is 9.07 Å². The van der Waals surface area contributed by atoms with E-state index >= 15 is 0 Å². The summed E-state index contributed by atoms with van der Waals surface area (Å²) < 4.78 is 15.5. The molecule has 1 aromatic heterocycles. The number of nitrogens with two attached hydrogens (primary N) is 1. The molecule has 0 saturated heterocycles. The maximum Gasteiger partial charge on any atom is 0.126 e. The summed E-state index contributed by atoms with van der Waals surface area (Å²) in [5, 5.41) is 4.53. The second-order valence-corrected chi connectivity index (χ2v) is 5.29. The van der Waals surface area contributed by atoms with Crippen LogP contribution in [0.15, 0.2) is 24.4 Å². The number of halogens is 1. The number of benzene rings is 1. The molecule has 0 amide bonds. The van der Waals surface area contributed by atoms with Crippen molar-refractivity contribution in [3.63, 3.8) is 0 Å². The standard InChI is InChI=1S/C15H20FN3/c1-9(2)14-5-6-19(18-14)15-7-10(3)13(16)8-12(15)11(4)17/h5-9,11H,17H2,1-4H3. The SMILES string of the molecule is Cc1cc(-n2ccc(C(C)C)n2)c(C(C)N)cc1F. The Morgan fingerprint density at radius 2 is 1.95 bits per heavy atom. The van der Waals surface area contributed by atoms with Crippen molar-refractivity contribution in [2.75, 3.05) is 0 Å². The van der Waals surface area contributed by atoms with E-state index in [9.17, 15) is 4.39 Å². The lowest BCUT2D eigenvalue weighted by Crippen LogP contribution is -2.11. The Bertz CT molecular complexity index is 585. The van der Waals surface area contributed by atoms with Gasteiger partial charge in [-0.15, -0.1) is 0 Å². The van der Waals surface area contributed by atoms with E-state index in [0.29, 0.717) is 11.5 Å². The van der Waals surface area contributed by atoms with E-state index in [1.165, 1.54) is 6.07 Å². The topological polar surface area (TPSA) is 43.8 Å². The largest absolute Gasteiger partial charge is 0.324 e. The molecule has 102 valence electrons. The molecule has 0 saturated carbocycles. The van der Waals surface area contributed by atoms with Crippen LogP contribution in [0.4, 0.5) is 4.39 Å². The van der Waals surface area contributed by atoms with Crippen LogP contribution in [-0.4, -0.2) is 9.78 Å². The zero-order valence-corrected chi connectivity index (χ0v) is 11.8. The Kier molecular flexibility index (Phi) is 3.71. The molecule has 0 aliphatic rings. The molecule has 1 heterocycles. The smallest absolute Gasteiger partial charge is 0.126 e. The second kappa shape index (κ2) is 5.13. The van der Waals surface area contributed by atoms with Crippen LogP contribution in [-0.2, 0) is 0 Å². The summed E-state index contributed by atoms with van der Waals surface area (Å²) in [7, 11) is 0. The zero-order chi connectivity index (χ0) is 14.2. The normalized spacial score (nSPS) is 13.0. The van der Waals surface area contributed by atoms with Crippen LogP contribution in [0.5, 0.6) is 0 Å². The Morgan fingerprint density at radius 1 is 1.26 bits per heavy atom. The molecule has 0 bridgehead atoms. The van der Waals surface area contributed by atoms with E-state index in [0.717, 1.165) is 16.9 Å². The Balaban J connectivity index is 2.56. The van der Waals surface area contributed by atoms with Crippen molar-refractivity contribution in [1.82, 2.24) is 9.78 Å². The lowest BCUT2D eigenvalue weighted by molar-refractivity contribution is 0.610. The summed E-state index contributed by atoms with van der Waals surface area (Å²) in [6.45, 7) is 7.78. The van der Waals surface area contributed by atoms with E-state index in [2.05, 4.69) is 18.9 Å². The molecule has 0 radical (unpaired) electrons. The van der Waals surface area contributed by atoms with Gasteiger partial charge < -0.3 is 5.73 Å². The monoisotopic (exact) mass is 261 g/mol. The first-order valence-electron chi connectivity index (χ1n) is 6.51. The van der Waals surface area contributed by atoms with E-state index < -0.39 is 0 Å². The molecular weight excluding hydrogens is 241 g/mol. The first-order chi connectivity index (χ1) is 8.90. The summed E-state index contributed by atoms with van der Waals surface area (Å²) in [6.07, 6.45) is 1.90. The molecule has 19 heavy (non-hydrogen) atoms. The molecule has 0 fully saturated rings. The summed E-state index contributed by atoms with van der Waals surface area (Å²) >= 11 is 0. The highest BCUT2D eigenvalue weighted by atomic mass is 19.1. The minimum absolute atomic E-state index is 0.229. The van der Waals surface area contributed by atoms with Gasteiger partial charge in [0.1, 0.15) is 5.82 Å². The predicted molar refractivity (Wildman–Crippen MR) is 75.0 cm³/mol. The molecule has 2 rings (SSSR count). The summed E-state index contributed by atoms with van der Waals surface area (Å²) in [6, 6.07) is 5.04. The van der Waals surface area contributed by atoms with E-state index in [1.807, 2.05) is 19.2 Å². The zero-order valence-electron chi connectivity index (χ0n) is 11.8. The van der Waals surface area contributed by atoms with Gasteiger partial charge in [0.2, 0.25) is 0 Å². The van der Waals surface area contributed by atoms with Gasteiger partial charge in [-0.05, 0) is 49.1 Å². The second-order valence-electron chi connectivity index (χ2n) is 5.29. The Hall–Kier alpha value is -1.68. The van der Waals surface area contributed by atoms with Gasteiger partial charge in [-0.1, -0.05) is 13.8 Å². The first kappa shape index (κ1) is 13.7. The van der Waals surface area contributed by atoms with E-state index in [4.69, 9.17) is 5.73 Å². The van der Waals surface area contributed by atoms with Gasteiger partial charge in [0.05, 0.1) is 11.4 Å². The minimum atomic E-state index is -0.239. The van der Waals surface area contributed by atoms with Crippen molar-refractivity contribution in [2.24, 2.45) is 5.73 Å². The van der Waals surface area contributed by atoms with Crippen molar-refractivity contribution in [2.45, 2.75) is 39.7 Å². The molecule has 2 aromatic rings. The average Bonchev–Trinajstić information content (AvgIpc) is 2.81. The first-order valence-corrected chi connectivity index (χ1v) is 6.51. The van der Waals surface area contributed by atoms with Gasteiger partial charge in [0, 0.05) is 12.2 Å². The maximum absolute atomic E-state index is 13.7. The maximum atomic E-state index is 13.7. The minimum Gasteiger partial charge on any atom is -0.324 e. The van der Waals surface area contributed by atoms with Gasteiger partial charge in [0.25, 0.3) is 0 Å². The van der Waals surface area contributed by atoms with Gasteiger partial charge >= 0.3 is 0 Å². The molecule has 4 heteroatoms. The van der Waals surface area contributed by atoms with Crippen molar-refractivity contribution in [3.05, 3.63) is 47.0 Å². The molecular formula is C15H20FN3. The average molecular weight is 261 g/mol. The lowest BCUT2D eigenvalue weighted by atomic mass is 10.0. The van der Waals surface area contributed by atoms with Crippen LogP contribution >= 0.6 is 0 Å². The molecule has 1 aromatic carbocycles. The van der Waals surface area contributed by atoms with Gasteiger partial charge in [-0.3, -0.25) is 0 Å². The number of nitrogens with zero attached hydrogens (tertiary/aromatic N) is 2. The van der Waals surface area contributed by atoms with Crippen LogP contribution in [0.1, 0.15) is 49.6 Å². The van der Waals surface area contributed by atoms with E-state index in [-0.39, 0.29) is 11.9 Å². The van der Waals surface area contributed by atoms with Gasteiger partial charge in [0.15, 0.2) is 0 Å². The van der Waals surface area contributed by atoms with Crippen molar-refractivity contribution in [1.29, 1.82) is 0 Å². The number of hydrogen-bond donors (Lipinski definition) is 1. The van der Waals surface area contributed by atoms with Crippen LogP contribution in [0.2, 0.25) is 0 Å². The van der Waals surface area contributed by atoms with Crippen LogP contribution in [0, 0.1) is 12.7 Å². The fraction of sp³-hybridized carbons (Fsp3) is 0.400. The summed E-state index contributed by atoms with van der Waals surface area (Å²) in [4.78, 5) is 0. The highest BCUT2D eigenvalue weighted by Crippen LogP contribution is 2.24. The lowest BCUT2D eigenvalue weighted by Gasteiger charge is -2.14. The number of rotatable bonds is 3. The van der Waals surface area contributed by atoms with E-state index in [1.54, 1.807) is 17.7 Å². The third-order valence-corrected chi connectivity index (χ3v) is 3.25. The number of hydrogen-bond acceptors (Lipinski definition) is 2. The quantitative estimate of drug-likeness (QED) is 0.919. The summed E-state index contributed by atoms with van der Waals surface area (Å²) in [5.74, 6) is 0.133. The third-order valence-electron chi connectivity index (χ3n) is 3.25. The van der Waals surface area contributed by atoms with Gasteiger partial charge in [-0.2, -0.15) is 5.10 Å². The Labute approximate surface area is 113 Å². The highest BCUT2D eigenvalue weighted by Gasteiger charge is 2.14. The highest BCUT2D eigenvalue weighted by molar-refractivity contribution is 5.45. The molecule has 0 aliphatic carbocycles. The number of aryl methyl sites for hydroxylation is 1. The molecule has 1 atom stereocenters. The van der Waals surface area contributed by atoms with Crippen LogP contribution < -0.4 is 5.73 Å². The fourth-order valence-corrected chi connectivity index (χ4v) is 2.02. The van der Waals surface area contributed by atoms with Crippen molar-refractivity contribution < 1.29 is 4.39 Å². The fourth-order valence-electron chi connectivity index (χ4n) is 2.02. The number of aromatic nitrogens is 2. The predicted octanol–water partition coefficient (Wildman–Crippen LogP) is 3.46. The molecule has 0 spiro atoms. The third kappa shape index (κ3) is 2.68. The van der Waals surface area contributed by atoms with Crippen LogP contribution in [0.3, 0.4) is 0 Å². The molecule has 1 unspecified atom stereocenters. The molecule has 2 N–H and O–H groups in total. The molecule has 0 aliphatic heterocycles. The molecule has 3 nitrogen and oxygen atoms in total. The van der Waals surface area contributed by atoms with Crippen LogP contribution in [0.25, 0.3) is 5.69 Å².